The Morgan fingerprint density at radius 2 is 0.877 bits per heavy atom. The fraction of sp³-hybridized carbons (Fsp3) is 0.0492. The van der Waals surface area contributed by atoms with Gasteiger partial charge in [0.05, 0.1) is 45.0 Å². The summed E-state index contributed by atoms with van der Waals surface area (Å²) in [6.45, 7) is 4.71. The molecule has 0 spiro atoms. The zero-order valence-electron chi connectivity index (χ0n) is 35.9. The first-order chi connectivity index (χ1) is 32.0. The van der Waals surface area contributed by atoms with Crippen LogP contribution in [0, 0.1) is 0 Å². The fourth-order valence-corrected chi connectivity index (χ4v) is 11.3. The van der Waals surface area contributed by atoms with Crippen LogP contribution in [-0.4, -0.2) is 19.1 Å². The van der Waals surface area contributed by atoms with Gasteiger partial charge in [-0.15, -0.1) is 0 Å². The summed E-state index contributed by atoms with van der Waals surface area (Å²) in [5.41, 5.74) is 18.5. The summed E-state index contributed by atoms with van der Waals surface area (Å²) in [7, 11) is 0. The quantitative estimate of drug-likeness (QED) is 0.166. The summed E-state index contributed by atoms with van der Waals surface area (Å²) < 4.78 is 4.84. The maximum absolute atomic E-state index is 5.33. The number of nitrogens with zero attached hydrogens (tertiary/aromatic N) is 4. The molecule has 0 atom stereocenters. The molecule has 10 aromatic carbocycles. The first kappa shape index (κ1) is 36.2. The summed E-state index contributed by atoms with van der Waals surface area (Å²) in [4.78, 5) is 10.4. The molecule has 304 valence electrons. The van der Waals surface area contributed by atoms with Crippen LogP contribution in [0.2, 0.25) is 0 Å². The van der Waals surface area contributed by atoms with Crippen LogP contribution in [-0.2, 0) is 5.41 Å². The molecule has 0 aliphatic heterocycles. The maximum Gasteiger partial charge on any atom is 0.0979 e. The van der Waals surface area contributed by atoms with Gasteiger partial charge < -0.3 is 9.13 Å². The molecule has 0 saturated carbocycles. The smallest absolute Gasteiger partial charge is 0.0979 e. The van der Waals surface area contributed by atoms with Crippen LogP contribution in [0.15, 0.2) is 206 Å². The predicted octanol–water partition coefficient (Wildman–Crippen LogP) is 15.8. The van der Waals surface area contributed by atoms with Gasteiger partial charge in [-0.1, -0.05) is 153 Å². The van der Waals surface area contributed by atoms with E-state index in [9.17, 15) is 0 Å². The molecule has 65 heavy (non-hydrogen) atoms. The van der Waals surface area contributed by atoms with Crippen molar-refractivity contribution < 1.29 is 0 Å². The van der Waals surface area contributed by atoms with E-state index in [2.05, 4.69) is 223 Å². The Balaban J connectivity index is 0.883. The van der Waals surface area contributed by atoms with Crippen LogP contribution >= 0.6 is 0 Å². The second kappa shape index (κ2) is 13.3. The molecule has 0 amide bonds. The molecular weight excluding hydrogens is 789 g/mol. The van der Waals surface area contributed by atoms with Crippen molar-refractivity contribution in [3.05, 3.63) is 218 Å². The van der Waals surface area contributed by atoms with Gasteiger partial charge in [-0.3, -0.25) is 4.98 Å². The van der Waals surface area contributed by atoms with Gasteiger partial charge in [0.2, 0.25) is 0 Å². The molecule has 1 aliphatic rings. The lowest BCUT2D eigenvalue weighted by atomic mass is 9.82. The molecule has 0 saturated heterocycles. The van der Waals surface area contributed by atoms with E-state index in [1.807, 2.05) is 6.20 Å². The fourth-order valence-electron chi connectivity index (χ4n) is 11.3. The number of rotatable bonds is 4. The summed E-state index contributed by atoms with van der Waals surface area (Å²) >= 11 is 0. The van der Waals surface area contributed by atoms with E-state index in [4.69, 9.17) is 9.97 Å². The van der Waals surface area contributed by atoms with Crippen LogP contribution in [0.25, 0.3) is 121 Å². The topological polar surface area (TPSA) is 35.6 Å². The SMILES string of the molecule is CC1(C)c2ccccc2-c2ccc(-n3c4ccccc4c4cc(-c5ccc6c(c5)c5ccccc5n6-c5cccc(-c6cnc7c8ccccc8c8ccccc8c7n6)c5)ccc43)cc21. The number of hydrogen-bond donors (Lipinski definition) is 0. The highest BCUT2D eigenvalue weighted by atomic mass is 15.0. The van der Waals surface area contributed by atoms with E-state index in [-0.39, 0.29) is 5.41 Å². The number of para-hydroxylation sites is 2. The largest absolute Gasteiger partial charge is 0.309 e. The van der Waals surface area contributed by atoms with E-state index in [1.165, 1.54) is 82.4 Å². The Hall–Kier alpha value is -8.34. The van der Waals surface area contributed by atoms with Gasteiger partial charge in [0.25, 0.3) is 0 Å². The second-order valence-electron chi connectivity index (χ2n) is 18.2. The molecule has 0 unspecified atom stereocenters. The molecule has 4 nitrogen and oxygen atoms in total. The Labute approximate surface area is 375 Å². The van der Waals surface area contributed by atoms with Crippen molar-refractivity contribution in [3.63, 3.8) is 0 Å². The molecule has 0 fully saturated rings. The lowest BCUT2D eigenvalue weighted by molar-refractivity contribution is 0.660. The molecule has 14 rings (SSSR count). The van der Waals surface area contributed by atoms with Gasteiger partial charge in [-0.25, -0.2) is 4.98 Å². The van der Waals surface area contributed by atoms with Crippen molar-refractivity contribution in [3.8, 4) is 44.9 Å². The van der Waals surface area contributed by atoms with Gasteiger partial charge in [0, 0.05) is 54.7 Å². The summed E-state index contributed by atoms with van der Waals surface area (Å²) in [5, 5.41) is 9.57. The van der Waals surface area contributed by atoms with Crippen LogP contribution in [0.1, 0.15) is 25.0 Å². The molecular formula is C61H40N4. The minimum absolute atomic E-state index is 0.0733. The first-order valence-corrected chi connectivity index (χ1v) is 22.5. The van der Waals surface area contributed by atoms with Crippen LogP contribution in [0.3, 0.4) is 0 Å². The van der Waals surface area contributed by atoms with E-state index in [0.717, 1.165) is 49.8 Å². The highest BCUT2D eigenvalue weighted by molar-refractivity contribution is 6.23. The van der Waals surface area contributed by atoms with Gasteiger partial charge >= 0.3 is 0 Å². The summed E-state index contributed by atoms with van der Waals surface area (Å²) in [6.07, 6.45) is 1.93. The molecule has 1 aliphatic carbocycles. The van der Waals surface area contributed by atoms with Crippen molar-refractivity contribution in [1.82, 2.24) is 19.1 Å². The summed E-state index contributed by atoms with van der Waals surface area (Å²) in [6, 6.07) is 73.3. The molecule has 3 aromatic heterocycles. The van der Waals surface area contributed by atoms with Crippen molar-refractivity contribution in [1.29, 1.82) is 0 Å². The number of aromatic nitrogens is 4. The van der Waals surface area contributed by atoms with E-state index >= 15 is 0 Å². The monoisotopic (exact) mass is 828 g/mol. The van der Waals surface area contributed by atoms with Crippen LogP contribution in [0.5, 0.6) is 0 Å². The number of hydrogen-bond acceptors (Lipinski definition) is 2. The molecule has 0 radical (unpaired) electrons. The van der Waals surface area contributed by atoms with Crippen molar-refractivity contribution in [2.24, 2.45) is 0 Å². The highest BCUT2D eigenvalue weighted by Crippen LogP contribution is 2.50. The van der Waals surface area contributed by atoms with Crippen LogP contribution < -0.4 is 0 Å². The van der Waals surface area contributed by atoms with Crippen LogP contribution in [0.4, 0.5) is 0 Å². The summed E-state index contributed by atoms with van der Waals surface area (Å²) in [5.74, 6) is 0. The number of benzene rings is 10. The average molecular weight is 829 g/mol. The van der Waals surface area contributed by atoms with Crippen molar-refractivity contribution in [2.75, 3.05) is 0 Å². The van der Waals surface area contributed by atoms with Crippen molar-refractivity contribution >= 4 is 76.2 Å². The normalized spacial score (nSPS) is 13.2. The maximum atomic E-state index is 5.33. The zero-order chi connectivity index (χ0) is 43.0. The molecule has 0 bridgehead atoms. The van der Waals surface area contributed by atoms with Gasteiger partial charge in [-0.05, 0) is 105 Å². The average Bonchev–Trinajstić information content (AvgIpc) is 3.96. The third-order valence-electron chi connectivity index (χ3n) is 14.3. The van der Waals surface area contributed by atoms with E-state index in [1.54, 1.807) is 0 Å². The third kappa shape index (κ3) is 5.14. The van der Waals surface area contributed by atoms with E-state index in [0.29, 0.717) is 0 Å². The number of fused-ring (bicyclic) bond motifs is 15. The first-order valence-electron chi connectivity index (χ1n) is 22.5. The Morgan fingerprint density at radius 3 is 1.54 bits per heavy atom. The van der Waals surface area contributed by atoms with Gasteiger partial charge in [-0.2, -0.15) is 0 Å². The van der Waals surface area contributed by atoms with Gasteiger partial charge in [0.15, 0.2) is 0 Å². The Morgan fingerprint density at radius 1 is 0.354 bits per heavy atom. The van der Waals surface area contributed by atoms with Crippen molar-refractivity contribution in [2.45, 2.75) is 19.3 Å². The zero-order valence-corrected chi connectivity index (χ0v) is 35.9. The third-order valence-corrected chi connectivity index (χ3v) is 14.3. The minimum atomic E-state index is -0.0733. The lowest BCUT2D eigenvalue weighted by Gasteiger charge is -2.22. The van der Waals surface area contributed by atoms with Gasteiger partial charge in [0.1, 0.15) is 0 Å². The van der Waals surface area contributed by atoms with E-state index < -0.39 is 0 Å². The molecule has 0 N–H and O–H groups in total. The molecule has 13 aromatic rings. The Kier molecular flexibility index (Phi) is 7.42. The standard InChI is InChI=1S/C61H40N4/c1-61(2)52-23-10-7-18-44(52)45-29-28-41(35-53(45)61)65-56-25-12-9-20-47(56)51-34-38(27-31-58(51)65)37-26-30-57-50(33-37)46-19-8-11-24-55(46)64(57)40-15-13-14-39(32-40)54-36-62-59-48-21-5-3-16-42(48)43-17-4-6-22-49(43)60(59)63-54/h3-36H,1-2H3. The minimum Gasteiger partial charge on any atom is -0.309 e. The predicted molar refractivity (Wildman–Crippen MR) is 272 cm³/mol. The highest BCUT2D eigenvalue weighted by Gasteiger charge is 2.35. The molecule has 3 heterocycles. The molecule has 4 heteroatoms. The lowest BCUT2D eigenvalue weighted by Crippen LogP contribution is -2.15. The second-order valence-corrected chi connectivity index (χ2v) is 18.2. The Bertz CT molecular complexity index is 4130.